The summed E-state index contributed by atoms with van der Waals surface area (Å²) in [7, 11) is 0. The van der Waals surface area contributed by atoms with Crippen LogP contribution in [0.5, 0.6) is 0 Å². The number of ether oxygens (including phenoxy) is 1. The van der Waals surface area contributed by atoms with E-state index in [9.17, 15) is 4.79 Å². The van der Waals surface area contributed by atoms with Crippen LogP contribution >= 0.6 is 0 Å². The molecule has 4 rings (SSSR count). The van der Waals surface area contributed by atoms with E-state index in [-0.39, 0.29) is 17.4 Å². The fourth-order valence-electron chi connectivity index (χ4n) is 4.13. The number of carbonyl (C=O) groups is 1. The standard InChI is InChI=1S/C17H22N4O2/c1-3-23-13-10-12(17(13)6-4-7-17)19-16(22)14-11(2)20-21-9-5-8-18-15(14)21/h5,8-9,12-13H,3-4,6-7,10H2,1-2H3,(H,19,22)/t12-,13+/m0/s1. The Bertz CT molecular complexity index is 750. The van der Waals surface area contributed by atoms with Gasteiger partial charge in [-0.3, -0.25) is 4.79 Å². The molecule has 6 nitrogen and oxygen atoms in total. The van der Waals surface area contributed by atoms with Crippen molar-refractivity contribution in [3.8, 4) is 0 Å². The van der Waals surface area contributed by atoms with E-state index in [1.807, 2.05) is 26.1 Å². The van der Waals surface area contributed by atoms with Crippen LogP contribution < -0.4 is 5.32 Å². The molecule has 6 heteroatoms. The first-order valence-corrected chi connectivity index (χ1v) is 8.38. The monoisotopic (exact) mass is 314 g/mol. The molecule has 2 saturated carbocycles. The van der Waals surface area contributed by atoms with E-state index in [4.69, 9.17) is 4.74 Å². The molecule has 23 heavy (non-hydrogen) atoms. The number of aryl methyl sites for hydroxylation is 1. The summed E-state index contributed by atoms with van der Waals surface area (Å²) < 4.78 is 7.51. The van der Waals surface area contributed by atoms with Gasteiger partial charge in [0, 0.05) is 30.5 Å². The van der Waals surface area contributed by atoms with Crippen molar-refractivity contribution in [2.75, 3.05) is 6.61 Å². The van der Waals surface area contributed by atoms with E-state index >= 15 is 0 Å². The number of amides is 1. The molecule has 0 aromatic carbocycles. The highest BCUT2D eigenvalue weighted by molar-refractivity contribution is 6.01. The summed E-state index contributed by atoms with van der Waals surface area (Å²) in [5.41, 5.74) is 2.07. The summed E-state index contributed by atoms with van der Waals surface area (Å²) >= 11 is 0. The zero-order chi connectivity index (χ0) is 16.0. The first-order valence-electron chi connectivity index (χ1n) is 8.38. The van der Waals surface area contributed by atoms with E-state index in [0.29, 0.717) is 23.0 Å². The molecule has 1 N–H and O–H groups in total. The van der Waals surface area contributed by atoms with Crippen LogP contribution in [0.4, 0.5) is 0 Å². The SMILES string of the molecule is CCO[C@@H]1C[C@H](NC(=O)c2c(C)nn3cccnc23)C12CCC2. The molecule has 2 aliphatic carbocycles. The van der Waals surface area contributed by atoms with E-state index < -0.39 is 0 Å². The molecule has 0 saturated heterocycles. The molecule has 0 bridgehead atoms. The van der Waals surface area contributed by atoms with Gasteiger partial charge in [-0.15, -0.1) is 0 Å². The third kappa shape index (κ3) is 2.08. The van der Waals surface area contributed by atoms with Crippen molar-refractivity contribution in [1.29, 1.82) is 0 Å². The lowest BCUT2D eigenvalue weighted by atomic mass is 9.51. The van der Waals surface area contributed by atoms with Crippen molar-refractivity contribution < 1.29 is 9.53 Å². The number of nitrogens with zero attached hydrogens (tertiary/aromatic N) is 3. The van der Waals surface area contributed by atoms with Crippen LogP contribution in [-0.2, 0) is 4.74 Å². The van der Waals surface area contributed by atoms with E-state index in [1.165, 1.54) is 6.42 Å². The highest BCUT2D eigenvalue weighted by atomic mass is 16.5. The van der Waals surface area contributed by atoms with Gasteiger partial charge in [0.05, 0.1) is 11.8 Å². The van der Waals surface area contributed by atoms with Gasteiger partial charge in [0.15, 0.2) is 5.65 Å². The molecule has 0 unspecified atom stereocenters. The second-order valence-corrected chi connectivity index (χ2v) is 6.64. The lowest BCUT2D eigenvalue weighted by Crippen LogP contribution is -2.67. The van der Waals surface area contributed by atoms with Crippen molar-refractivity contribution in [2.45, 2.75) is 51.7 Å². The maximum atomic E-state index is 12.8. The van der Waals surface area contributed by atoms with Crippen LogP contribution in [0.2, 0.25) is 0 Å². The molecule has 0 radical (unpaired) electrons. The summed E-state index contributed by atoms with van der Waals surface area (Å²) in [4.78, 5) is 17.1. The zero-order valence-corrected chi connectivity index (χ0v) is 13.6. The van der Waals surface area contributed by atoms with Gasteiger partial charge in [-0.2, -0.15) is 5.10 Å². The van der Waals surface area contributed by atoms with Crippen molar-refractivity contribution in [3.63, 3.8) is 0 Å². The number of hydrogen-bond acceptors (Lipinski definition) is 4. The minimum Gasteiger partial charge on any atom is -0.378 e. The molecule has 2 aliphatic rings. The van der Waals surface area contributed by atoms with Crippen LogP contribution in [0.3, 0.4) is 0 Å². The van der Waals surface area contributed by atoms with Gasteiger partial charge in [0.2, 0.25) is 0 Å². The van der Waals surface area contributed by atoms with Crippen LogP contribution in [0.25, 0.3) is 5.65 Å². The van der Waals surface area contributed by atoms with Crippen molar-refractivity contribution in [2.24, 2.45) is 5.41 Å². The Hall–Kier alpha value is -1.95. The fraction of sp³-hybridized carbons (Fsp3) is 0.588. The summed E-state index contributed by atoms with van der Waals surface area (Å²) in [5, 5.41) is 7.59. The summed E-state index contributed by atoms with van der Waals surface area (Å²) in [5.74, 6) is -0.0672. The Morgan fingerprint density at radius 2 is 2.35 bits per heavy atom. The van der Waals surface area contributed by atoms with Crippen LogP contribution in [0, 0.1) is 12.3 Å². The predicted octanol–water partition coefficient (Wildman–Crippen LogP) is 2.12. The average Bonchev–Trinajstić information content (AvgIpc) is 2.80. The van der Waals surface area contributed by atoms with Gasteiger partial charge >= 0.3 is 0 Å². The zero-order valence-electron chi connectivity index (χ0n) is 13.6. The Morgan fingerprint density at radius 3 is 3.04 bits per heavy atom. The Labute approximate surface area is 135 Å². The molecule has 2 atom stereocenters. The lowest BCUT2D eigenvalue weighted by Gasteiger charge is -2.60. The third-order valence-electron chi connectivity index (χ3n) is 5.54. The number of carbonyl (C=O) groups excluding carboxylic acids is 1. The minimum absolute atomic E-state index is 0.0672. The second kappa shape index (κ2) is 5.30. The minimum atomic E-state index is -0.0672. The molecule has 122 valence electrons. The molecule has 0 aliphatic heterocycles. The molecule has 1 amide bonds. The molecule has 2 aromatic heterocycles. The van der Waals surface area contributed by atoms with Crippen LogP contribution in [0.1, 0.15) is 48.7 Å². The topological polar surface area (TPSA) is 68.5 Å². The Kier molecular flexibility index (Phi) is 3.37. The summed E-state index contributed by atoms with van der Waals surface area (Å²) in [6, 6.07) is 2.02. The highest BCUT2D eigenvalue weighted by Gasteiger charge is 2.59. The Morgan fingerprint density at radius 1 is 1.52 bits per heavy atom. The molecule has 2 fully saturated rings. The number of fused-ring (bicyclic) bond motifs is 1. The molecule has 2 heterocycles. The number of rotatable bonds is 4. The molecular weight excluding hydrogens is 292 g/mol. The first-order chi connectivity index (χ1) is 11.2. The summed E-state index contributed by atoms with van der Waals surface area (Å²) in [6.45, 7) is 4.63. The maximum absolute atomic E-state index is 12.8. The fourth-order valence-corrected chi connectivity index (χ4v) is 4.13. The van der Waals surface area contributed by atoms with Gasteiger partial charge in [-0.1, -0.05) is 6.42 Å². The predicted molar refractivity (Wildman–Crippen MR) is 85.3 cm³/mol. The molecular formula is C17H22N4O2. The first kappa shape index (κ1) is 14.6. The van der Waals surface area contributed by atoms with Crippen molar-refractivity contribution >= 4 is 11.6 Å². The normalized spacial score (nSPS) is 25.1. The molecule has 2 aromatic rings. The van der Waals surface area contributed by atoms with Crippen LogP contribution in [0.15, 0.2) is 18.5 Å². The smallest absolute Gasteiger partial charge is 0.257 e. The summed E-state index contributed by atoms with van der Waals surface area (Å²) in [6.07, 6.45) is 8.24. The van der Waals surface area contributed by atoms with E-state index in [1.54, 1.807) is 10.7 Å². The van der Waals surface area contributed by atoms with Gasteiger partial charge < -0.3 is 10.1 Å². The van der Waals surface area contributed by atoms with E-state index in [0.717, 1.165) is 25.9 Å². The maximum Gasteiger partial charge on any atom is 0.257 e. The number of nitrogens with one attached hydrogen (secondary N) is 1. The second-order valence-electron chi connectivity index (χ2n) is 6.64. The largest absolute Gasteiger partial charge is 0.378 e. The lowest BCUT2D eigenvalue weighted by molar-refractivity contribution is -0.169. The number of aromatic nitrogens is 3. The molecule has 1 spiro atoms. The average molecular weight is 314 g/mol. The quantitative estimate of drug-likeness (QED) is 0.938. The van der Waals surface area contributed by atoms with Gasteiger partial charge in [-0.25, -0.2) is 9.50 Å². The Balaban J connectivity index is 1.55. The third-order valence-corrected chi connectivity index (χ3v) is 5.54. The van der Waals surface area contributed by atoms with Gasteiger partial charge in [0.1, 0.15) is 5.56 Å². The van der Waals surface area contributed by atoms with Gasteiger partial charge in [0.25, 0.3) is 5.91 Å². The van der Waals surface area contributed by atoms with E-state index in [2.05, 4.69) is 15.4 Å². The van der Waals surface area contributed by atoms with Crippen LogP contribution in [-0.4, -0.2) is 39.3 Å². The van der Waals surface area contributed by atoms with Crippen molar-refractivity contribution in [1.82, 2.24) is 19.9 Å². The van der Waals surface area contributed by atoms with Crippen molar-refractivity contribution in [3.05, 3.63) is 29.7 Å². The highest BCUT2D eigenvalue weighted by Crippen LogP contribution is 2.57. The number of hydrogen-bond donors (Lipinski definition) is 1. The van der Waals surface area contributed by atoms with Gasteiger partial charge in [-0.05, 0) is 39.2 Å².